The molecule has 0 heterocycles. The molecule has 2 aromatic carbocycles. The number of ether oxygens (including phenoxy) is 1. The van der Waals surface area contributed by atoms with Crippen molar-refractivity contribution in [1.82, 2.24) is 0 Å². The number of aliphatic hydroxyl groups is 1. The maximum absolute atomic E-state index is 13.9. The number of fused-ring (bicyclic) bond motifs is 1. The molecule has 0 amide bonds. The van der Waals surface area contributed by atoms with Gasteiger partial charge in [-0.2, -0.15) is 5.26 Å². The number of halogens is 4. The molecule has 1 aliphatic carbocycles. The van der Waals surface area contributed by atoms with Gasteiger partial charge in [0.05, 0.1) is 17.9 Å². The summed E-state index contributed by atoms with van der Waals surface area (Å²) in [5, 5.41) is 23.1. The summed E-state index contributed by atoms with van der Waals surface area (Å²) in [5.41, 5.74) is -0.0256. The molecule has 0 aromatic heterocycles. The molecule has 1 aliphatic rings. The number of nitrogens with two attached hydrogens (primary N) is 1. The minimum absolute atomic E-state index is 0.00363. The van der Waals surface area contributed by atoms with Crippen LogP contribution in [0.2, 0.25) is 0 Å². The van der Waals surface area contributed by atoms with E-state index in [0.29, 0.717) is 11.8 Å². The second-order valence-electron chi connectivity index (χ2n) is 6.27. The van der Waals surface area contributed by atoms with Crippen LogP contribution in [0.15, 0.2) is 35.2 Å². The van der Waals surface area contributed by atoms with Crippen molar-refractivity contribution in [3.8, 4) is 17.6 Å². The Morgan fingerprint density at radius 2 is 1.91 bits per heavy atom. The number of aliphatic hydroxyl groups excluding tert-OH is 1. The minimum atomic E-state index is -3.41. The van der Waals surface area contributed by atoms with E-state index >= 15 is 0 Å². The standard InChI is InChI=1S/C17H11F4NO2S.C2H6.CH5NO2S/c18-8-25-14-2-1-13(12-6-17(20,21)16(23)15(12)14)24-11-4-9(7-22)3-10(19)5-11;1-2;1-5(2,3)4/h1-5,16,23H,6,8H2;1-2H3;1H3,(H2,2,3,4). The number of thioether (sulfide) groups is 1. The molecule has 0 bridgehead atoms. The van der Waals surface area contributed by atoms with Gasteiger partial charge in [-0.15, -0.1) is 0 Å². The monoisotopic (exact) mass is 494 g/mol. The molecule has 12 heteroatoms. The molecule has 176 valence electrons. The lowest BCUT2D eigenvalue weighted by molar-refractivity contribution is -0.0976. The molecule has 0 radical (unpaired) electrons. The first-order valence-corrected chi connectivity index (χ1v) is 12.1. The van der Waals surface area contributed by atoms with Gasteiger partial charge in [-0.05, 0) is 24.3 Å². The average molecular weight is 495 g/mol. The Hall–Kier alpha value is -2.33. The first-order valence-electron chi connectivity index (χ1n) is 9.12. The molecule has 32 heavy (non-hydrogen) atoms. The molecule has 6 nitrogen and oxygen atoms in total. The number of nitriles is 1. The second kappa shape index (κ2) is 11.5. The SMILES string of the molecule is CC.CS(N)(=O)=O.N#Cc1cc(F)cc(Oc2ccc(SCF)c3c2CC(F)(F)C3O)c1. The van der Waals surface area contributed by atoms with E-state index in [0.717, 1.165) is 18.4 Å². The molecule has 3 N–H and O–H groups in total. The molecule has 0 fully saturated rings. The fourth-order valence-corrected chi connectivity index (χ4v) is 3.41. The summed E-state index contributed by atoms with van der Waals surface area (Å²) in [6.45, 7) is 4.00. The van der Waals surface area contributed by atoms with E-state index in [1.165, 1.54) is 18.2 Å². The quantitative estimate of drug-likeness (QED) is 0.472. The largest absolute Gasteiger partial charge is 0.457 e. The molecule has 0 saturated heterocycles. The molecule has 1 atom stereocenters. The highest BCUT2D eigenvalue weighted by Gasteiger charge is 2.49. The smallest absolute Gasteiger partial charge is 0.281 e. The molecular weight excluding hydrogens is 472 g/mol. The highest BCUT2D eigenvalue weighted by Crippen LogP contribution is 2.50. The van der Waals surface area contributed by atoms with Crippen molar-refractivity contribution in [3.63, 3.8) is 0 Å². The Balaban J connectivity index is 0.000000646. The van der Waals surface area contributed by atoms with E-state index in [4.69, 9.17) is 10.00 Å². The maximum atomic E-state index is 13.9. The van der Waals surface area contributed by atoms with E-state index in [1.807, 2.05) is 13.8 Å². The number of rotatable bonds is 4. The fraction of sp³-hybridized carbons (Fsp3) is 0.350. The van der Waals surface area contributed by atoms with Crippen LogP contribution < -0.4 is 9.88 Å². The van der Waals surface area contributed by atoms with Gasteiger partial charge in [0.1, 0.15) is 29.4 Å². The van der Waals surface area contributed by atoms with E-state index in [-0.39, 0.29) is 33.1 Å². The van der Waals surface area contributed by atoms with Crippen molar-refractivity contribution in [1.29, 1.82) is 5.26 Å². The Morgan fingerprint density at radius 1 is 1.31 bits per heavy atom. The van der Waals surface area contributed by atoms with E-state index in [2.05, 4.69) is 5.14 Å². The van der Waals surface area contributed by atoms with Crippen molar-refractivity contribution in [2.45, 2.75) is 37.2 Å². The van der Waals surface area contributed by atoms with Crippen LogP contribution in [0.3, 0.4) is 0 Å². The first kappa shape index (κ1) is 27.7. The summed E-state index contributed by atoms with van der Waals surface area (Å²) in [6.07, 6.45) is -1.91. The number of alkyl halides is 3. The van der Waals surface area contributed by atoms with Crippen LogP contribution in [-0.2, 0) is 16.4 Å². The zero-order chi connectivity index (χ0) is 24.7. The Morgan fingerprint density at radius 3 is 2.44 bits per heavy atom. The zero-order valence-corrected chi connectivity index (χ0v) is 19.0. The third-order valence-electron chi connectivity index (χ3n) is 3.80. The topological polar surface area (TPSA) is 113 Å². The predicted octanol–water partition coefficient (Wildman–Crippen LogP) is 4.66. The zero-order valence-electron chi connectivity index (χ0n) is 17.4. The second-order valence-corrected chi connectivity index (χ2v) is 8.87. The van der Waals surface area contributed by atoms with Crippen LogP contribution in [0, 0.1) is 17.1 Å². The van der Waals surface area contributed by atoms with E-state index < -0.39 is 40.3 Å². The van der Waals surface area contributed by atoms with Crippen molar-refractivity contribution in [2.24, 2.45) is 5.14 Å². The summed E-state index contributed by atoms with van der Waals surface area (Å²) in [7, 11) is -3.17. The van der Waals surface area contributed by atoms with Gasteiger partial charge in [0, 0.05) is 28.5 Å². The van der Waals surface area contributed by atoms with E-state index in [9.17, 15) is 31.1 Å². The van der Waals surface area contributed by atoms with Crippen LogP contribution in [0.1, 0.15) is 36.6 Å². The Labute approximate surface area is 188 Å². The van der Waals surface area contributed by atoms with Gasteiger partial charge < -0.3 is 9.84 Å². The summed E-state index contributed by atoms with van der Waals surface area (Å²) in [4.78, 5) is 0.200. The van der Waals surface area contributed by atoms with Gasteiger partial charge >= 0.3 is 0 Å². The molecule has 0 spiro atoms. The van der Waals surface area contributed by atoms with Crippen LogP contribution in [-0.4, -0.2) is 31.7 Å². The summed E-state index contributed by atoms with van der Waals surface area (Å²) >= 11 is 0.690. The van der Waals surface area contributed by atoms with Crippen molar-refractivity contribution < 1.29 is 35.8 Å². The van der Waals surface area contributed by atoms with E-state index in [1.54, 1.807) is 6.07 Å². The van der Waals surface area contributed by atoms with Crippen LogP contribution in [0.25, 0.3) is 0 Å². The molecule has 0 saturated carbocycles. The molecule has 0 aliphatic heterocycles. The van der Waals surface area contributed by atoms with Crippen LogP contribution in [0.5, 0.6) is 11.5 Å². The summed E-state index contributed by atoms with van der Waals surface area (Å²) in [6, 6.07) is 6.96. The van der Waals surface area contributed by atoms with Crippen LogP contribution >= 0.6 is 11.8 Å². The number of sulfonamides is 1. The average Bonchev–Trinajstić information content (AvgIpc) is 2.94. The Kier molecular flexibility index (Phi) is 9.96. The lowest BCUT2D eigenvalue weighted by atomic mass is 10.1. The highest BCUT2D eigenvalue weighted by atomic mass is 32.2. The summed E-state index contributed by atoms with van der Waals surface area (Å²) < 4.78 is 78.3. The number of hydrogen-bond acceptors (Lipinski definition) is 6. The van der Waals surface area contributed by atoms with Gasteiger partial charge in [-0.25, -0.2) is 31.1 Å². The lowest BCUT2D eigenvalue weighted by Crippen LogP contribution is -2.21. The third-order valence-corrected chi connectivity index (χ3v) is 4.57. The van der Waals surface area contributed by atoms with Gasteiger partial charge in [-0.3, -0.25) is 0 Å². The van der Waals surface area contributed by atoms with Gasteiger partial charge in [-0.1, -0.05) is 25.6 Å². The highest BCUT2D eigenvalue weighted by molar-refractivity contribution is 7.99. The Bertz CT molecular complexity index is 1080. The molecule has 3 rings (SSSR count). The van der Waals surface area contributed by atoms with Crippen molar-refractivity contribution in [2.75, 3.05) is 12.3 Å². The third kappa shape index (κ3) is 7.67. The number of hydrogen-bond donors (Lipinski definition) is 2. The fourth-order valence-electron chi connectivity index (χ4n) is 2.74. The van der Waals surface area contributed by atoms with Gasteiger partial charge in [0.15, 0.2) is 0 Å². The summed E-state index contributed by atoms with van der Waals surface area (Å²) in [5.74, 6) is -4.15. The predicted molar refractivity (Wildman–Crippen MR) is 113 cm³/mol. The maximum Gasteiger partial charge on any atom is 0.281 e. The molecule has 2 aromatic rings. The van der Waals surface area contributed by atoms with Crippen molar-refractivity contribution >= 4 is 21.8 Å². The van der Waals surface area contributed by atoms with Gasteiger partial charge in [0.2, 0.25) is 10.0 Å². The first-order chi connectivity index (χ1) is 14.9. The molecular formula is C20H22F4N2O4S2. The number of nitrogens with zero attached hydrogens (tertiary/aromatic N) is 1. The van der Waals surface area contributed by atoms with Gasteiger partial charge in [0.25, 0.3) is 5.92 Å². The normalized spacial score (nSPS) is 15.9. The minimum Gasteiger partial charge on any atom is -0.457 e. The lowest BCUT2D eigenvalue weighted by Gasteiger charge is -2.15. The number of benzene rings is 2. The number of primary sulfonamides is 1. The van der Waals surface area contributed by atoms with Crippen LogP contribution in [0.4, 0.5) is 17.6 Å². The molecule has 1 unspecified atom stereocenters. The van der Waals surface area contributed by atoms with Crippen molar-refractivity contribution in [3.05, 3.63) is 52.8 Å².